The fourth-order valence-electron chi connectivity index (χ4n) is 0. The molecule has 0 aliphatic carbocycles. The summed E-state index contributed by atoms with van der Waals surface area (Å²) in [7, 11) is 0. The standard InChI is InChI=1S/CH2NO2.Al.H/c2-4-1-3;;/h2H2;;. The first-order valence-electron chi connectivity index (χ1n) is 0.998. The molecule has 0 aromatic carbocycles. The van der Waals surface area contributed by atoms with E-state index in [1.54, 1.807) is 0 Å². The third kappa shape index (κ3) is 3.96. The molecule has 2 N–H and O–H groups in total. The highest BCUT2D eigenvalue weighted by atomic mass is 27.0. The Morgan fingerprint density at radius 2 is 2.20 bits per heavy atom. The summed E-state index contributed by atoms with van der Waals surface area (Å²) in [6.07, 6.45) is 0. The number of nitrogens with two attached hydrogens (primary N) is 1. The van der Waals surface area contributed by atoms with E-state index in [9.17, 15) is 4.79 Å². The van der Waals surface area contributed by atoms with Gasteiger partial charge >= 0.3 is 16.3 Å². The van der Waals surface area contributed by atoms with Gasteiger partial charge in [-0.1, -0.05) is 0 Å². The minimum atomic E-state index is -0.440. The minimum absolute atomic E-state index is 0.440. The molecule has 0 aliphatic rings. The van der Waals surface area contributed by atoms with E-state index in [1.807, 2.05) is 0 Å². The first kappa shape index (κ1) is 4.96. The molecular formula is CH3AlNO2. The smallest absolute Gasteiger partial charge is 0.363 e. The molecule has 5 heavy (non-hydrogen) atoms. The Hall–Kier alpha value is -0.0375. The lowest BCUT2D eigenvalue weighted by Gasteiger charge is -1.81. The largest absolute Gasteiger partial charge is 0.397 e. The van der Waals surface area contributed by atoms with Crippen LogP contribution in [0.1, 0.15) is 0 Å². The van der Waals surface area contributed by atoms with Gasteiger partial charge in [0.05, 0.1) is 0 Å². The van der Waals surface area contributed by atoms with E-state index in [1.165, 1.54) is 0 Å². The van der Waals surface area contributed by atoms with Crippen LogP contribution in [0.5, 0.6) is 0 Å². The van der Waals surface area contributed by atoms with Gasteiger partial charge in [-0.05, 0) is 0 Å². The summed E-state index contributed by atoms with van der Waals surface area (Å²) in [6, 6.07) is 0. The average Bonchev–Trinajstić information content (AvgIpc) is 1.38. The number of carbonyl (C=O) groups excluding carboxylic acids is 1. The Labute approximate surface area is 37.5 Å². The van der Waals surface area contributed by atoms with Gasteiger partial charge < -0.3 is 4.84 Å². The minimum Gasteiger partial charge on any atom is -0.397 e. The summed E-state index contributed by atoms with van der Waals surface area (Å²) in [6.45, 7) is 0. The first-order chi connectivity index (χ1) is 2.27. The lowest BCUT2D eigenvalue weighted by atomic mass is 11.6. The average molecular weight is 88.0 g/mol. The van der Waals surface area contributed by atoms with E-state index in [4.69, 9.17) is 0 Å². The highest BCUT2D eigenvalue weighted by Crippen LogP contribution is 1.54. The van der Waals surface area contributed by atoms with Crippen LogP contribution in [0.3, 0.4) is 0 Å². The van der Waals surface area contributed by atoms with Crippen molar-refractivity contribution in [1.29, 1.82) is 0 Å². The Bertz CT molecular complexity index is 44.9. The van der Waals surface area contributed by atoms with Crippen molar-refractivity contribution in [3.63, 3.8) is 0 Å². The molecule has 0 saturated heterocycles. The SMILES string of the molecule is NO[C](=O)[AlH]. The molecule has 0 fully saturated rings. The predicted octanol–water partition coefficient (Wildman–Crippen LogP) is -1.10. The molecule has 0 saturated carbocycles. The van der Waals surface area contributed by atoms with Gasteiger partial charge in [0.2, 0.25) is 4.83 Å². The summed E-state index contributed by atoms with van der Waals surface area (Å²) in [5.41, 5.74) is 0. The van der Waals surface area contributed by atoms with Crippen LogP contribution in [0, 0.1) is 0 Å². The predicted molar refractivity (Wildman–Crippen MR) is 17.8 cm³/mol. The summed E-state index contributed by atoms with van der Waals surface area (Å²) < 4.78 is 0. The van der Waals surface area contributed by atoms with Crippen LogP contribution in [0.25, 0.3) is 0 Å². The van der Waals surface area contributed by atoms with Gasteiger partial charge in [-0.2, -0.15) is 5.90 Å². The topological polar surface area (TPSA) is 52.3 Å². The third-order valence-electron chi connectivity index (χ3n) is 0.131. The van der Waals surface area contributed by atoms with Gasteiger partial charge in [-0.25, -0.2) is 0 Å². The molecule has 0 aliphatic heterocycles. The van der Waals surface area contributed by atoms with Gasteiger partial charge in [0.15, 0.2) is 0 Å². The normalized spacial score (nSPS) is 6.60. The van der Waals surface area contributed by atoms with Crippen molar-refractivity contribution in [3.05, 3.63) is 0 Å². The fourth-order valence-corrected chi connectivity index (χ4v) is 0. The van der Waals surface area contributed by atoms with Crippen LogP contribution in [-0.4, -0.2) is 21.1 Å². The molecule has 27 valence electrons. The lowest BCUT2D eigenvalue weighted by molar-refractivity contribution is 0.175. The molecule has 0 atom stereocenters. The van der Waals surface area contributed by atoms with E-state index >= 15 is 0 Å². The van der Waals surface area contributed by atoms with Gasteiger partial charge in [-0.15, -0.1) is 0 Å². The number of hydrogen-bond donors (Lipinski definition) is 1. The maximum Gasteiger partial charge on any atom is 0.363 e. The van der Waals surface area contributed by atoms with E-state index in [2.05, 4.69) is 10.7 Å². The quantitative estimate of drug-likeness (QED) is 0.302. The molecule has 0 bridgehead atoms. The van der Waals surface area contributed by atoms with Crippen LogP contribution >= 0.6 is 0 Å². The van der Waals surface area contributed by atoms with Crippen molar-refractivity contribution in [2.24, 2.45) is 5.90 Å². The molecule has 1 radical (unpaired) electrons. The molecule has 0 rings (SSSR count). The summed E-state index contributed by atoms with van der Waals surface area (Å²) in [5.74, 6) is 4.33. The molecular weight excluding hydrogens is 85.0 g/mol. The van der Waals surface area contributed by atoms with E-state index < -0.39 is 4.83 Å². The maximum absolute atomic E-state index is 9.48. The monoisotopic (exact) mass is 88.0 g/mol. The number of carbonyl (C=O) groups is 1. The second-order valence-corrected chi connectivity index (χ2v) is 1.07. The summed E-state index contributed by atoms with van der Waals surface area (Å²) >= 11 is 1.07. The Morgan fingerprint density at radius 1 is 2.00 bits per heavy atom. The highest BCUT2D eigenvalue weighted by molar-refractivity contribution is 6.54. The van der Waals surface area contributed by atoms with Gasteiger partial charge in [-0.3, -0.25) is 4.79 Å². The fraction of sp³-hybridized carbons (Fsp3) is 0. The van der Waals surface area contributed by atoms with Crippen molar-refractivity contribution < 1.29 is 9.63 Å². The van der Waals surface area contributed by atoms with Crippen LogP contribution in [0.4, 0.5) is 4.79 Å². The maximum atomic E-state index is 9.48. The van der Waals surface area contributed by atoms with E-state index in [-0.39, 0.29) is 0 Å². The molecule has 0 aromatic rings. The van der Waals surface area contributed by atoms with Crippen molar-refractivity contribution in [3.8, 4) is 0 Å². The van der Waals surface area contributed by atoms with Crippen molar-refractivity contribution >= 4 is 21.1 Å². The molecule has 3 nitrogen and oxygen atoms in total. The third-order valence-corrected chi connectivity index (χ3v) is 0.298. The summed E-state index contributed by atoms with van der Waals surface area (Å²) in [4.78, 5) is 12.7. The molecule has 0 unspecified atom stereocenters. The second-order valence-electron chi connectivity index (χ2n) is 0.490. The molecule has 0 amide bonds. The molecule has 0 spiro atoms. The van der Waals surface area contributed by atoms with Crippen molar-refractivity contribution in [1.82, 2.24) is 0 Å². The van der Waals surface area contributed by atoms with Gasteiger partial charge in [0.25, 0.3) is 0 Å². The Balaban J connectivity index is 2.85. The lowest BCUT2D eigenvalue weighted by Crippen LogP contribution is -2.05. The zero-order valence-corrected chi connectivity index (χ0v) is 4.02. The van der Waals surface area contributed by atoms with Crippen molar-refractivity contribution in [2.45, 2.75) is 0 Å². The van der Waals surface area contributed by atoms with Crippen LogP contribution in [0.2, 0.25) is 0 Å². The second kappa shape index (κ2) is 2.21. The van der Waals surface area contributed by atoms with E-state index in [0.29, 0.717) is 0 Å². The van der Waals surface area contributed by atoms with Crippen LogP contribution < -0.4 is 5.90 Å². The number of hydrogen-bond acceptors (Lipinski definition) is 3. The zero-order chi connectivity index (χ0) is 4.28. The summed E-state index contributed by atoms with van der Waals surface area (Å²) in [5, 5.41) is 0. The Morgan fingerprint density at radius 3 is 2.20 bits per heavy atom. The molecule has 0 heterocycles. The zero-order valence-electron chi connectivity index (χ0n) is 2.60. The first-order valence-corrected chi connectivity index (χ1v) is 1.70. The van der Waals surface area contributed by atoms with Gasteiger partial charge in [0.1, 0.15) is 0 Å². The number of rotatable bonds is 0. The highest BCUT2D eigenvalue weighted by Gasteiger charge is 1.77. The van der Waals surface area contributed by atoms with Crippen LogP contribution in [-0.2, 0) is 4.84 Å². The van der Waals surface area contributed by atoms with E-state index in [0.717, 1.165) is 16.3 Å². The molecule has 4 heteroatoms. The molecule has 0 aromatic heterocycles. The van der Waals surface area contributed by atoms with Gasteiger partial charge in [0, 0.05) is 0 Å². The Kier molecular flexibility index (Phi) is 2.20. The van der Waals surface area contributed by atoms with Crippen molar-refractivity contribution in [2.75, 3.05) is 0 Å². The van der Waals surface area contributed by atoms with Crippen LogP contribution in [0.15, 0.2) is 0 Å².